The molecule has 3 heteroatoms. The molecular formula is C12H15NOS. The van der Waals surface area contributed by atoms with Gasteiger partial charge in [0.25, 0.3) is 0 Å². The van der Waals surface area contributed by atoms with Crippen molar-refractivity contribution in [2.45, 2.75) is 19.2 Å². The van der Waals surface area contributed by atoms with Crippen LogP contribution in [0, 0.1) is 0 Å². The molecule has 0 aliphatic rings. The van der Waals surface area contributed by atoms with E-state index in [-0.39, 0.29) is 0 Å². The van der Waals surface area contributed by atoms with Gasteiger partial charge in [-0.15, -0.1) is 0 Å². The van der Waals surface area contributed by atoms with Crippen LogP contribution in [-0.2, 0) is 12.3 Å². The maximum absolute atomic E-state index is 9.47. The van der Waals surface area contributed by atoms with Crippen LogP contribution in [0.2, 0.25) is 0 Å². The monoisotopic (exact) mass is 221 g/mol. The van der Waals surface area contributed by atoms with Gasteiger partial charge in [-0.1, -0.05) is 0 Å². The van der Waals surface area contributed by atoms with Crippen molar-refractivity contribution in [1.29, 1.82) is 0 Å². The van der Waals surface area contributed by atoms with Crippen LogP contribution in [0.25, 0.3) is 10.9 Å². The zero-order valence-corrected chi connectivity index (χ0v) is 9.84. The summed E-state index contributed by atoms with van der Waals surface area (Å²) < 4.78 is 2.26. The van der Waals surface area contributed by atoms with Crippen LogP contribution in [0.3, 0.4) is 0 Å². The lowest BCUT2D eigenvalue weighted by Crippen LogP contribution is -1.98. The lowest BCUT2D eigenvalue weighted by Gasteiger charge is -2.06. The third-order valence-corrected chi connectivity index (χ3v) is 3.17. The Kier molecular flexibility index (Phi) is 2.91. The van der Waals surface area contributed by atoms with Gasteiger partial charge in [0.1, 0.15) is 5.75 Å². The number of hydrogen-bond acceptors (Lipinski definition) is 2. The van der Waals surface area contributed by atoms with Crippen LogP contribution in [0.1, 0.15) is 12.6 Å². The van der Waals surface area contributed by atoms with E-state index in [2.05, 4.69) is 23.8 Å². The van der Waals surface area contributed by atoms with Crippen LogP contribution in [0.5, 0.6) is 5.75 Å². The first-order valence-electron chi connectivity index (χ1n) is 5.06. The minimum atomic E-state index is 0.339. The molecule has 0 fully saturated rings. The number of rotatable bonds is 3. The van der Waals surface area contributed by atoms with E-state index in [9.17, 15) is 5.11 Å². The Bertz CT molecular complexity index is 476. The highest BCUT2D eigenvalue weighted by Gasteiger charge is 2.07. The van der Waals surface area contributed by atoms with E-state index < -0.39 is 0 Å². The molecule has 0 saturated heterocycles. The molecule has 0 saturated carbocycles. The van der Waals surface area contributed by atoms with Gasteiger partial charge in [-0.3, -0.25) is 0 Å². The topological polar surface area (TPSA) is 25.2 Å². The van der Waals surface area contributed by atoms with Crippen molar-refractivity contribution >= 4 is 22.7 Å². The molecule has 2 aromatic rings. The summed E-state index contributed by atoms with van der Waals surface area (Å²) in [5.74, 6) is 1.36. The lowest BCUT2D eigenvalue weighted by molar-refractivity contribution is 0.476. The Morgan fingerprint density at radius 1 is 1.33 bits per heavy atom. The number of phenolic OH excluding ortho intramolecular Hbond substituents is 1. The Morgan fingerprint density at radius 3 is 2.80 bits per heavy atom. The number of thioether (sulfide) groups is 1. The molecule has 0 spiro atoms. The van der Waals surface area contributed by atoms with E-state index in [1.54, 1.807) is 6.07 Å². The fourth-order valence-corrected chi connectivity index (χ4v) is 2.48. The predicted octanol–water partition coefficient (Wildman–Crippen LogP) is 3.23. The second kappa shape index (κ2) is 4.19. The van der Waals surface area contributed by atoms with Crippen LogP contribution in [0.15, 0.2) is 24.3 Å². The summed E-state index contributed by atoms with van der Waals surface area (Å²) >= 11 is 1.82. The van der Waals surface area contributed by atoms with Crippen molar-refractivity contribution in [3.8, 4) is 5.75 Å². The van der Waals surface area contributed by atoms with Crippen molar-refractivity contribution < 1.29 is 5.11 Å². The first-order valence-corrected chi connectivity index (χ1v) is 6.45. The van der Waals surface area contributed by atoms with Gasteiger partial charge in [0.05, 0.1) is 5.52 Å². The molecule has 2 rings (SSSR count). The molecule has 0 aliphatic heterocycles. The molecule has 0 aliphatic carbocycles. The third kappa shape index (κ3) is 1.84. The van der Waals surface area contributed by atoms with Gasteiger partial charge in [-0.2, -0.15) is 11.8 Å². The van der Waals surface area contributed by atoms with Gasteiger partial charge < -0.3 is 9.67 Å². The molecule has 0 radical (unpaired) electrons. The van der Waals surface area contributed by atoms with Crippen LogP contribution >= 0.6 is 11.8 Å². The number of nitrogens with zero attached hydrogens (tertiary/aromatic N) is 1. The molecule has 2 nitrogen and oxygen atoms in total. The van der Waals surface area contributed by atoms with E-state index >= 15 is 0 Å². The van der Waals surface area contributed by atoms with Crippen molar-refractivity contribution in [3.05, 3.63) is 30.0 Å². The van der Waals surface area contributed by atoms with E-state index in [1.165, 1.54) is 11.1 Å². The molecule has 80 valence electrons. The number of aromatic hydroxyl groups is 1. The van der Waals surface area contributed by atoms with Gasteiger partial charge in [0.15, 0.2) is 0 Å². The maximum atomic E-state index is 9.47. The molecule has 1 aromatic heterocycles. The van der Waals surface area contributed by atoms with Crippen molar-refractivity contribution in [3.63, 3.8) is 0 Å². The summed E-state index contributed by atoms with van der Waals surface area (Å²) in [6.45, 7) is 3.08. The molecule has 1 aromatic carbocycles. The van der Waals surface area contributed by atoms with Gasteiger partial charge >= 0.3 is 0 Å². The Hall–Kier alpha value is -1.09. The van der Waals surface area contributed by atoms with E-state index in [0.29, 0.717) is 5.75 Å². The van der Waals surface area contributed by atoms with Gasteiger partial charge in [0.2, 0.25) is 0 Å². The first kappa shape index (κ1) is 10.4. The smallest absolute Gasteiger partial charge is 0.117 e. The molecule has 15 heavy (non-hydrogen) atoms. The van der Waals surface area contributed by atoms with Gasteiger partial charge in [-0.25, -0.2) is 0 Å². The van der Waals surface area contributed by atoms with E-state index in [0.717, 1.165) is 17.8 Å². The average molecular weight is 221 g/mol. The largest absolute Gasteiger partial charge is 0.508 e. The normalized spacial score (nSPS) is 11.1. The second-order valence-corrected chi connectivity index (χ2v) is 4.42. The Morgan fingerprint density at radius 2 is 2.13 bits per heavy atom. The van der Waals surface area contributed by atoms with Crippen molar-refractivity contribution in [2.24, 2.45) is 0 Å². The highest BCUT2D eigenvalue weighted by Crippen LogP contribution is 2.25. The van der Waals surface area contributed by atoms with Crippen LogP contribution < -0.4 is 0 Å². The maximum Gasteiger partial charge on any atom is 0.117 e. The van der Waals surface area contributed by atoms with E-state index in [4.69, 9.17) is 0 Å². The highest BCUT2D eigenvalue weighted by molar-refractivity contribution is 7.97. The highest BCUT2D eigenvalue weighted by atomic mass is 32.2. The molecule has 1 N–H and O–H groups in total. The quantitative estimate of drug-likeness (QED) is 0.860. The third-order valence-electron chi connectivity index (χ3n) is 2.58. The summed E-state index contributed by atoms with van der Waals surface area (Å²) in [6, 6.07) is 7.75. The Balaban J connectivity index is 2.63. The zero-order chi connectivity index (χ0) is 10.8. The second-order valence-electron chi connectivity index (χ2n) is 3.56. The fourth-order valence-electron chi connectivity index (χ4n) is 1.94. The fraction of sp³-hybridized carbons (Fsp3) is 0.333. The molecule has 0 atom stereocenters. The van der Waals surface area contributed by atoms with Gasteiger partial charge in [0, 0.05) is 29.4 Å². The molecule has 0 amide bonds. The number of aryl methyl sites for hydroxylation is 1. The minimum absolute atomic E-state index is 0.339. The number of aromatic nitrogens is 1. The molecule has 0 bridgehead atoms. The SMILES string of the molecule is CCn1c(CSC)cc2ccc(O)cc21. The average Bonchev–Trinajstić information content (AvgIpc) is 2.55. The zero-order valence-electron chi connectivity index (χ0n) is 9.03. The first-order chi connectivity index (χ1) is 7.26. The number of phenols is 1. The minimum Gasteiger partial charge on any atom is -0.508 e. The Labute approximate surface area is 93.9 Å². The van der Waals surface area contributed by atoms with Crippen molar-refractivity contribution in [1.82, 2.24) is 4.57 Å². The number of hydrogen-bond donors (Lipinski definition) is 1. The number of fused-ring (bicyclic) bond motifs is 1. The molecule has 0 unspecified atom stereocenters. The van der Waals surface area contributed by atoms with Gasteiger partial charge in [-0.05, 0) is 31.4 Å². The van der Waals surface area contributed by atoms with Crippen LogP contribution in [-0.4, -0.2) is 15.9 Å². The lowest BCUT2D eigenvalue weighted by atomic mass is 10.2. The summed E-state index contributed by atoms with van der Waals surface area (Å²) in [4.78, 5) is 0. The van der Waals surface area contributed by atoms with Crippen LogP contribution in [0.4, 0.5) is 0 Å². The van der Waals surface area contributed by atoms with E-state index in [1.807, 2.05) is 23.9 Å². The standard InChI is InChI=1S/C12H15NOS/c1-3-13-10(8-15-2)6-9-4-5-11(14)7-12(9)13/h4-7,14H,3,8H2,1-2H3. The summed E-state index contributed by atoms with van der Waals surface area (Å²) in [5.41, 5.74) is 2.45. The summed E-state index contributed by atoms with van der Waals surface area (Å²) in [6.07, 6.45) is 2.11. The summed E-state index contributed by atoms with van der Waals surface area (Å²) in [7, 11) is 0. The predicted molar refractivity (Wildman–Crippen MR) is 66.5 cm³/mol. The summed E-state index contributed by atoms with van der Waals surface area (Å²) in [5, 5.41) is 10.7. The molecular weight excluding hydrogens is 206 g/mol. The van der Waals surface area contributed by atoms with Crippen molar-refractivity contribution in [2.75, 3.05) is 6.26 Å². The number of benzene rings is 1. The molecule has 1 heterocycles.